The molecule has 3 atom stereocenters. The highest BCUT2D eigenvalue weighted by molar-refractivity contribution is 5.66. The molecule has 4 heteroatoms. The fourth-order valence-electron chi connectivity index (χ4n) is 2.94. The topological polar surface area (TPSA) is 44.8 Å². The summed E-state index contributed by atoms with van der Waals surface area (Å²) in [7, 11) is 0. The van der Waals surface area contributed by atoms with E-state index < -0.39 is 5.79 Å². The van der Waals surface area contributed by atoms with E-state index in [9.17, 15) is 4.79 Å². The van der Waals surface area contributed by atoms with Crippen molar-refractivity contribution in [3.8, 4) is 0 Å². The fraction of sp³-hybridized carbons (Fsp3) is 0.833. The predicted molar refractivity (Wildman–Crippen MR) is 87.6 cm³/mol. The van der Waals surface area contributed by atoms with Gasteiger partial charge < -0.3 is 14.2 Å². The second-order valence-corrected chi connectivity index (χ2v) is 6.53. The van der Waals surface area contributed by atoms with Crippen molar-refractivity contribution in [3.05, 3.63) is 12.7 Å². The molecule has 0 radical (unpaired) electrons. The summed E-state index contributed by atoms with van der Waals surface area (Å²) in [6.07, 6.45) is 9.15. The van der Waals surface area contributed by atoms with Gasteiger partial charge in [0.25, 0.3) is 0 Å². The van der Waals surface area contributed by atoms with Gasteiger partial charge in [0.05, 0.1) is 12.2 Å². The molecule has 0 aromatic rings. The van der Waals surface area contributed by atoms with Crippen LogP contribution in [-0.2, 0) is 19.0 Å². The van der Waals surface area contributed by atoms with Crippen LogP contribution in [0.4, 0.5) is 0 Å². The Morgan fingerprint density at radius 1 is 1.23 bits per heavy atom. The average molecular weight is 312 g/mol. The van der Waals surface area contributed by atoms with Gasteiger partial charge in [0.2, 0.25) is 0 Å². The molecule has 1 saturated heterocycles. The van der Waals surface area contributed by atoms with Crippen LogP contribution in [0.5, 0.6) is 0 Å². The maximum absolute atomic E-state index is 11.1. The maximum atomic E-state index is 11.1. The van der Waals surface area contributed by atoms with Crippen LogP contribution in [0, 0.1) is 0 Å². The number of esters is 1. The van der Waals surface area contributed by atoms with Crippen LogP contribution in [0.2, 0.25) is 0 Å². The van der Waals surface area contributed by atoms with Crippen molar-refractivity contribution in [2.24, 2.45) is 0 Å². The Bertz CT molecular complexity index is 351. The smallest absolute Gasteiger partial charge is 0.303 e. The van der Waals surface area contributed by atoms with E-state index in [1.54, 1.807) is 6.08 Å². The zero-order valence-corrected chi connectivity index (χ0v) is 14.6. The van der Waals surface area contributed by atoms with Gasteiger partial charge in [-0.05, 0) is 20.3 Å². The van der Waals surface area contributed by atoms with E-state index in [2.05, 4.69) is 13.5 Å². The SMILES string of the molecule is C=C[C@H](C[C@H]1OC(C)(C)O[C@@H]1CCCCCCC)OC(C)=O. The first-order chi connectivity index (χ1) is 10.4. The van der Waals surface area contributed by atoms with E-state index in [1.807, 2.05) is 13.8 Å². The molecule has 0 aliphatic carbocycles. The molecule has 0 unspecified atom stereocenters. The van der Waals surface area contributed by atoms with Crippen LogP contribution < -0.4 is 0 Å². The Morgan fingerprint density at radius 3 is 2.45 bits per heavy atom. The highest BCUT2D eigenvalue weighted by atomic mass is 16.8. The third-order valence-corrected chi connectivity index (χ3v) is 3.92. The molecule has 1 aliphatic heterocycles. The minimum absolute atomic E-state index is 0.0523. The average Bonchev–Trinajstić information content (AvgIpc) is 2.71. The minimum Gasteiger partial charge on any atom is -0.458 e. The summed E-state index contributed by atoms with van der Waals surface area (Å²) < 4.78 is 17.3. The van der Waals surface area contributed by atoms with Gasteiger partial charge >= 0.3 is 5.97 Å². The molecule has 0 saturated carbocycles. The first-order valence-corrected chi connectivity index (χ1v) is 8.53. The Kier molecular flexibility index (Phi) is 8.12. The van der Waals surface area contributed by atoms with E-state index in [0.717, 1.165) is 12.8 Å². The van der Waals surface area contributed by atoms with E-state index in [0.29, 0.717) is 6.42 Å². The van der Waals surface area contributed by atoms with Crippen LogP contribution in [0.15, 0.2) is 12.7 Å². The van der Waals surface area contributed by atoms with E-state index in [1.165, 1.54) is 32.6 Å². The van der Waals surface area contributed by atoms with Crippen molar-refractivity contribution in [1.82, 2.24) is 0 Å². The second-order valence-electron chi connectivity index (χ2n) is 6.53. The van der Waals surface area contributed by atoms with Gasteiger partial charge in [-0.25, -0.2) is 0 Å². The van der Waals surface area contributed by atoms with Crippen LogP contribution in [0.3, 0.4) is 0 Å². The van der Waals surface area contributed by atoms with Gasteiger partial charge in [-0.3, -0.25) is 4.79 Å². The van der Waals surface area contributed by atoms with Crippen molar-refractivity contribution < 1.29 is 19.0 Å². The van der Waals surface area contributed by atoms with Gasteiger partial charge in [0, 0.05) is 13.3 Å². The molecule has 0 aromatic heterocycles. The molecule has 0 aromatic carbocycles. The van der Waals surface area contributed by atoms with Crippen molar-refractivity contribution in [1.29, 1.82) is 0 Å². The lowest BCUT2D eigenvalue weighted by atomic mass is 10.0. The number of ether oxygens (including phenoxy) is 3. The monoisotopic (exact) mass is 312 g/mol. The van der Waals surface area contributed by atoms with Crippen LogP contribution >= 0.6 is 0 Å². The summed E-state index contributed by atoms with van der Waals surface area (Å²) in [5, 5.41) is 0. The lowest BCUT2D eigenvalue weighted by Gasteiger charge is -2.21. The first kappa shape index (κ1) is 19.2. The standard InChI is InChI=1S/C18H32O4/c1-6-8-9-10-11-12-16-17(22-18(4,5)21-16)13-15(7-2)20-14(3)19/h7,15-17H,2,6,8-13H2,1,3-5H3/t15-,16-,17-/m1/s1. The highest BCUT2D eigenvalue weighted by Gasteiger charge is 2.41. The molecule has 0 amide bonds. The van der Waals surface area contributed by atoms with Gasteiger partial charge in [0.1, 0.15) is 6.10 Å². The number of carbonyl (C=O) groups excluding carboxylic acids is 1. The predicted octanol–water partition coefficient (Wildman–Crippen LogP) is 4.37. The quantitative estimate of drug-likeness (QED) is 0.341. The first-order valence-electron chi connectivity index (χ1n) is 8.53. The molecular weight excluding hydrogens is 280 g/mol. The highest BCUT2D eigenvalue weighted by Crippen LogP contribution is 2.33. The molecule has 22 heavy (non-hydrogen) atoms. The normalized spacial score (nSPS) is 24.9. The zero-order valence-electron chi connectivity index (χ0n) is 14.6. The Labute approximate surface area is 135 Å². The Morgan fingerprint density at radius 2 is 1.86 bits per heavy atom. The number of hydrogen-bond donors (Lipinski definition) is 0. The van der Waals surface area contributed by atoms with Gasteiger partial charge in [-0.2, -0.15) is 0 Å². The van der Waals surface area contributed by atoms with Gasteiger partial charge in [-0.15, -0.1) is 0 Å². The van der Waals surface area contributed by atoms with Gasteiger partial charge in [-0.1, -0.05) is 51.7 Å². The van der Waals surface area contributed by atoms with Crippen molar-refractivity contribution in [2.75, 3.05) is 0 Å². The molecular formula is C18H32O4. The zero-order chi connectivity index (χ0) is 16.6. The summed E-state index contributed by atoms with van der Waals surface area (Å²) in [4.78, 5) is 11.1. The Balaban J connectivity index is 2.49. The summed E-state index contributed by atoms with van der Waals surface area (Å²) >= 11 is 0. The van der Waals surface area contributed by atoms with Crippen molar-refractivity contribution >= 4 is 5.97 Å². The summed E-state index contributed by atoms with van der Waals surface area (Å²) in [6, 6.07) is 0. The molecule has 1 heterocycles. The molecule has 4 nitrogen and oxygen atoms in total. The number of rotatable bonds is 10. The molecule has 0 bridgehead atoms. The molecule has 1 rings (SSSR count). The minimum atomic E-state index is -0.569. The fourth-order valence-corrected chi connectivity index (χ4v) is 2.94. The summed E-state index contributed by atoms with van der Waals surface area (Å²) in [6.45, 7) is 11.2. The maximum Gasteiger partial charge on any atom is 0.303 e. The Hall–Kier alpha value is -0.870. The number of unbranched alkanes of at least 4 members (excludes halogenated alkanes) is 4. The summed E-state index contributed by atoms with van der Waals surface area (Å²) in [5.41, 5.74) is 0. The molecule has 1 aliphatic rings. The van der Waals surface area contributed by atoms with Crippen LogP contribution in [0.25, 0.3) is 0 Å². The lowest BCUT2D eigenvalue weighted by molar-refractivity contribution is -0.152. The van der Waals surface area contributed by atoms with Crippen LogP contribution in [-0.4, -0.2) is 30.1 Å². The third-order valence-electron chi connectivity index (χ3n) is 3.92. The molecule has 1 fully saturated rings. The number of hydrogen-bond acceptors (Lipinski definition) is 4. The summed E-state index contributed by atoms with van der Waals surface area (Å²) in [5.74, 6) is -0.861. The number of carbonyl (C=O) groups is 1. The van der Waals surface area contributed by atoms with E-state index >= 15 is 0 Å². The molecule has 128 valence electrons. The van der Waals surface area contributed by atoms with E-state index in [4.69, 9.17) is 14.2 Å². The largest absolute Gasteiger partial charge is 0.458 e. The molecule has 0 N–H and O–H groups in total. The second kappa shape index (κ2) is 9.31. The third kappa shape index (κ3) is 6.93. The van der Waals surface area contributed by atoms with Crippen LogP contribution in [0.1, 0.15) is 72.6 Å². The van der Waals surface area contributed by atoms with Crippen molar-refractivity contribution in [3.63, 3.8) is 0 Å². The van der Waals surface area contributed by atoms with Crippen molar-refractivity contribution in [2.45, 2.75) is 96.7 Å². The lowest BCUT2D eigenvalue weighted by Crippen LogP contribution is -2.29. The van der Waals surface area contributed by atoms with E-state index in [-0.39, 0.29) is 24.3 Å². The van der Waals surface area contributed by atoms with Gasteiger partial charge in [0.15, 0.2) is 5.79 Å². The molecule has 0 spiro atoms.